The largest absolute Gasteiger partial charge is 0.404 e. The summed E-state index contributed by atoms with van der Waals surface area (Å²) in [4.78, 5) is 4.71. The molecule has 128 valence electrons. The van der Waals surface area contributed by atoms with E-state index in [1.54, 1.807) is 0 Å². The maximum Gasteiger partial charge on any atom is 0.0960 e. The normalized spacial score (nSPS) is 12.0. The topological polar surface area (TPSA) is 43.8 Å². The lowest BCUT2D eigenvalue weighted by molar-refractivity contribution is 0.868. The number of nitrogens with two attached hydrogens (primary N) is 1. The maximum atomic E-state index is 5.75. The van der Waals surface area contributed by atoms with Gasteiger partial charge in [0, 0.05) is 35.5 Å². The Morgan fingerprint density at radius 1 is 1.08 bits per heavy atom. The second kappa shape index (κ2) is 6.94. The van der Waals surface area contributed by atoms with Crippen LogP contribution in [0.2, 0.25) is 0 Å². The van der Waals surface area contributed by atoms with Crippen LogP contribution >= 0.6 is 24.8 Å². The Morgan fingerprint density at radius 3 is 2.54 bits per heavy atom. The van der Waals surface area contributed by atoms with E-state index in [4.69, 9.17) is 22.9 Å². The fourth-order valence-electron chi connectivity index (χ4n) is 3.28. The van der Waals surface area contributed by atoms with Crippen molar-refractivity contribution < 1.29 is 0 Å². The molecule has 26 heavy (non-hydrogen) atoms. The molecule has 0 saturated carbocycles. The molecular formula is C21H17N3S2. The fraction of sp³-hybridized carbons (Fsp3) is 0.0476. The molecule has 0 amide bonds. The maximum absolute atomic E-state index is 5.75. The molecule has 0 saturated heterocycles. The summed E-state index contributed by atoms with van der Waals surface area (Å²) in [6.45, 7) is 0.767. The van der Waals surface area contributed by atoms with Crippen molar-refractivity contribution in [2.75, 3.05) is 0 Å². The van der Waals surface area contributed by atoms with Crippen LogP contribution in [0.1, 0.15) is 11.1 Å². The number of aromatic nitrogens is 2. The predicted octanol–water partition coefficient (Wildman–Crippen LogP) is 4.79. The van der Waals surface area contributed by atoms with Gasteiger partial charge in [-0.2, -0.15) is 0 Å². The minimum Gasteiger partial charge on any atom is -0.404 e. The van der Waals surface area contributed by atoms with E-state index in [0.717, 1.165) is 34.0 Å². The lowest BCUT2D eigenvalue weighted by Crippen LogP contribution is -2.01. The summed E-state index contributed by atoms with van der Waals surface area (Å²) in [5.41, 5.74) is 11.8. The van der Waals surface area contributed by atoms with E-state index in [-0.39, 0.29) is 0 Å². The number of hydrogen-bond acceptors (Lipinski definition) is 3. The van der Waals surface area contributed by atoms with E-state index in [1.165, 1.54) is 11.8 Å². The Kier molecular flexibility index (Phi) is 4.49. The molecule has 3 nitrogen and oxygen atoms in total. The predicted molar refractivity (Wildman–Crippen MR) is 117 cm³/mol. The summed E-state index contributed by atoms with van der Waals surface area (Å²) in [7, 11) is 0. The Balaban J connectivity index is 1.98. The Labute approximate surface area is 162 Å². The lowest BCUT2D eigenvalue weighted by atomic mass is 10.1. The molecule has 0 radical (unpaired) electrons. The summed E-state index contributed by atoms with van der Waals surface area (Å²) >= 11 is 9.49. The summed E-state index contributed by atoms with van der Waals surface area (Å²) in [6, 6.07) is 20.8. The zero-order valence-corrected chi connectivity index (χ0v) is 15.7. The molecule has 0 aliphatic heterocycles. The molecule has 4 aromatic rings. The fourth-order valence-corrected chi connectivity index (χ4v) is 3.67. The molecule has 0 atom stereocenters. The van der Waals surface area contributed by atoms with Gasteiger partial charge < -0.3 is 10.3 Å². The standard InChI is InChI=1S/C21H17N3S2/c22-11-17(21(25)26)15-10-19-20(23-12-15)16-8-4-5-9-18(16)24(19)13-14-6-2-1-3-7-14/h1-12H,13,22H2,(H,25,26). The Hall–Kier alpha value is -2.63. The SMILES string of the molecule is NC=C(C(=S)S)c1cnc2c3ccccc3n(Cc3ccccc3)c2c1. The first kappa shape index (κ1) is 16.8. The highest BCUT2D eigenvalue weighted by Gasteiger charge is 2.14. The highest BCUT2D eigenvalue weighted by Crippen LogP contribution is 2.30. The number of para-hydroxylation sites is 1. The smallest absolute Gasteiger partial charge is 0.0960 e. The minimum atomic E-state index is 0.458. The van der Waals surface area contributed by atoms with E-state index in [2.05, 4.69) is 65.7 Å². The summed E-state index contributed by atoms with van der Waals surface area (Å²) in [5, 5.41) is 1.14. The van der Waals surface area contributed by atoms with Gasteiger partial charge in [0.1, 0.15) is 0 Å². The first-order valence-electron chi connectivity index (χ1n) is 8.25. The highest BCUT2D eigenvalue weighted by atomic mass is 32.1. The van der Waals surface area contributed by atoms with E-state index in [1.807, 2.05) is 18.3 Å². The molecule has 0 fully saturated rings. The third kappa shape index (κ3) is 2.89. The van der Waals surface area contributed by atoms with Gasteiger partial charge >= 0.3 is 0 Å². The molecular weight excluding hydrogens is 358 g/mol. The van der Waals surface area contributed by atoms with Crippen molar-refractivity contribution in [2.24, 2.45) is 5.73 Å². The van der Waals surface area contributed by atoms with Crippen molar-refractivity contribution in [1.82, 2.24) is 9.55 Å². The van der Waals surface area contributed by atoms with E-state index in [0.29, 0.717) is 9.77 Å². The molecule has 0 aliphatic rings. The second-order valence-corrected chi connectivity index (χ2v) is 7.22. The Morgan fingerprint density at radius 2 is 1.81 bits per heavy atom. The van der Waals surface area contributed by atoms with Crippen molar-refractivity contribution in [1.29, 1.82) is 0 Å². The Bertz CT molecular complexity index is 1140. The van der Waals surface area contributed by atoms with Crippen LogP contribution in [0.15, 0.2) is 73.1 Å². The van der Waals surface area contributed by atoms with Gasteiger partial charge in [-0.25, -0.2) is 0 Å². The van der Waals surface area contributed by atoms with Crippen molar-refractivity contribution >= 4 is 56.6 Å². The van der Waals surface area contributed by atoms with E-state index < -0.39 is 0 Å². The molecule has 2 aromatic heterocycles. The van der Waals surface area contributed by atoms with E-state index >= 15 is 0 Å². The van der Waals surface area contributed by atoms with Crippen molar-refractivity contribution in [3.63, 3.8) is 0 Å². The van der Waals surface area contributed by atoms with Crippen LogP contribution in [0.3, 0.4) is 0 Å². The molecule has 0 spiro atoms. The van der Waals surface area contributed by atoms with Crippen LogP contribution in [0.5, 0.6) is 0 Å². The van der Waals surface area contributed by atoms with Crippen LogP contribution in [-0.4, -0.2) is 13.7 Å². The minimum absolute atomic E-state index is 0.458. The molecule has 5 heteroatoms. The highest BCUT2D eigenvalue weighted by molar-refractivity contribution is 8.12. The van der Waals surface area contributed by atoms with Crippen molar-refractivity contribution in [2.45, 2.75) is 6.54 Å². The number of fused-ring (bicyclic) bond motifs is 3. The van der Waals surface area contributed by atoms with Gasteiger partial charge in [0.25, 0.3) is 0 Å². The molecule has 4 rings (SSSR count). The number of pyridine rings is 1. The van der Waals surface area contributed by atoms with Crippen LogP contribution in [0.25, 0.3) is 27.5 Å². The third-order valence-electron chi connectivity index (χ3n) is 4.50. The summed E-state index contributed by atoms with van der Waals surface area (Å²) in [6.07, 6.45) is 3.30. The van der Waals surface area contributed by atoms with Crippen molar-refractivity contribution in [3.8, 4) is 0 Å². The van der Waals surface area contributed by atoms with Gasteiger partial charge in [-0.15, -0.1) is 12.6 Å². The molecule has 2 aromatic carbocycles. The quantitative estimate of drug-likeness (QED) is 0.306. The average Bonchev–Trinajstić information content (AvgIpc) is 2.97. The molecule has 2 N–H and O–H groups in total. The number of hydrogen-bond donors (Lipinski definition) is 2. The van der Waals surface area contributed by atoms with Gasteiger partial charge in [-0.1, -0.05) is 60.7 Å². The zero-order valence-electron chi connectivity index (χ0n) is 14.0. The molecule has 0 aliphatic carbocycles. The molecule has 0 bridgehead atoms. The summed E-state index contributed by atoms with van der Waals surface area (Å²) < 4.78 is 2.74. The number of nitrogens with zero attached hydrogens (tertiary/aromatic N) is 2. The van der Waals surface area contributed by atoms with Gasteiger partial charge in [0.15, 0.2) is 0 Å². The monoisotopic (exact) mass is 375 g/mol. The lowest BCUT2D eigenvalue weighted by Gasteiger charge is -2.09. The molecule has 0 unspecified atom stereocenters. The van der Waals surface area contributed by atoms with Gasteiger partial charge in [0.2, 0.25) is 0 Å². The van der Waals surface area contributed by atoms with Crippen LogP contribution in [-0.2, 0) is 6.54 Å². The van der Waals surface area contributed by atoms with Gasteiger partial charge in [-0.3, -0.25) is 4.98 Å². The van der Waals surface area contributed by atoms with Gasteiger partial charge in [-0.05, 0) is 17.7 Å². The third-order valence-corrected chi connectivity index (χ3v) is 4.96. The number of rotatable bonds is 4. The van der Waals surface area contributed by atoms with Gasteiger partial charge in [0.05, 0.1) is 20.7 Å². The zero-order chi connectivity index (χ0) is 18.1. The number of thiol groups is 1. The number of benzene rings is 2. The second-order valence-electron chi connectivity index (χ2n) is 6.07. The average molecular weight is 376 g/mol. The van der Waals surface area contributed by atoms with Crippen LogP contribution in [0, 0.1) is 0 Å². The van der Waals surface area contributed by atoms with Crippen molar-refractivity contribution in [3.05, 3.63) is 84.2 Å². The first-order chi connectivity index (χ1) is 12.7. The summed E-state index contributed by atoms with van der Waals surface area (Å²) in [5.74, 6) is 0. The van der Waals surface area contributed by atoms with Crippen LogP contribution in [0.4, 0.5) is 0 Å². The molecule has 2 heterocycles. The first-order valence-corrected chi connectivity index (χ1v) is 9.11. The number of thiocarbonyl (C=S) groups is 1. The van der Waals surface area contributed by atoms with E-state index in [9.17, 15) is 0 Å². The van der Waals surface area contributed by atoms with Crippen LogP contribution < -0.4 is 5.73 Å².